The molecular weight excluding hydrogens is 310 g/mol. The summed E-state index contributed by atoms with van der Waals surface area (Å²) in [5, 5.41) is 12.2. The van der Waals surface area contributed by atoms with Crippen LogP contribution in [-0.2, 0) is 6.61 Å². The second kappa shape index (κ2) is 6.39. The van der Waals surface area contributed by atoms with E-state index in [2.05, 4.69) is 27.4 Å². The van der Waals surface area contributed by atoms with Crippen molar-refractivity contribution in [2.75, 3.05) is 0 Å². The second-order valence-corrected chi connectivity index (χ2v) is 5.71. The summed E-state index contributed by atoms with van der Waals surface area (Å²) in [7, 11) is 0. The Morgan fingerprint density at radius 2 is 2.14 bits per heavy atom. The Labute approximate surface area is 130 Å². The van der Waals surface area contributed by atoms with Gasteiger partial charge in [0.1, 0.15) is 12.6 Å². The predicted molar refractivity (Wildman–Crippen MR) is 79.4 cm³/mol. The molecule has 1 fully saturated rings. The number of hydrazine groups is 2. The van der Waals surface area contributed by atoms with Crippen LogP contribution >= 0.6 is 22.9 Å². The molecule has 8 heteroatoms. The van der Waals surface area contributed by atoms with Gasteiger partial charge in [-0.25, -0.2) is 15.8 Å². The molecular formula is C13H12ClN5OS. The van der Waals surface area contributed by atoms with Crippen molar-refractivity contribution >= 4 is 22.9 Å². The first-order chi connectivity index (χ1) is 10.3. The van der Waals surface area contributed by atoms with Gasteiger partial charge in [-0.15, -0.1) is 0 Å². The van der Waals surface area contributed by atoms with E-state index in [9.17, 15) is 0 Å². The first-order valence-electron chi connectivity index (χ1n) is 6.24. The zero-order valence-corrected chi connectivity index (χ0v) is 12.4. The van der Waals surface area contributed by atoms with Crippen LogP contribution in [-0.4, -0.2) is 11.0 Å². The number of benzene rings is 1. The predicted octanol–water partition coefficient (Wildman–Crippen LogP) is 1.92. The molecule has 0 spiro atoms. The molecule has 0 radical (unpaired) electrons. The Bertz CT molecular complexity index is 653. The van der Waals surface area contributed by atoms with Gasteiger partial charge in [0.25, 0.3) is 5.19 Å². The van der Waals surface area contributed by atoms with Crippen molar-refractivity contribution in [2.45, 2.75) is 18.7 Å². The minimum atomic E-state index is -0.365. The highest BCUT2D eigenvalue weighted by molar-refractivity contribution is 7.11. The van der Waals surface area contributed by atoms with Gasteiger partial charge in [0.05, 0.1) is 17.8 Å². The van der Waals surface area contributed by atoms with Crippen LogP contribution in [0.1, 0.15) is 17.3 Å². The first-order valence-corrected chi connectivity index (χ1v) is 7.50. The molecule has 0 bridgehead atoms. The fourth-order valence-corrected chi connectivity index (χ4v) is 2.75. The minimum Gasteiger partial charge on any atom is -0.465 e. The lowest BCUT2D eigenvalue weighted by molar-refractivity contribution is 0.303. The van der Waals surface area contributed by atoms with E-state index in [1.165, 1.54) is 11.3 Å². The van der Waals surface area contributed by atoms with Gasteiger partial charge < -0.3 is 4.74 Å². The molecule has 3 N–H and O–H groups in total. The maximum Gasteiger partial charge on any atom is 0.273 e. The normalized spacial score (nSPS) is 21.1. The third kappa shape index (κ3) is 3.32. The summed E-state index contributed by atoms with van der Waals surface area (Å²) in [6.07, 6.45) is 0. The molecule has 0 saturated carbocycles. The number of aromatic nitrogens is 1. The minimum absolute atomic E-state index is 0.195. The van der Waals surface area contributed by atoms with E-state index in [1.54, 1.807) is 0 Å². The Kier molecular flexibility index (Phi) is 4.34. The average molecular weight is 322 g/mol. The number of halogens is 1. The van der Waals surface area contributed by atoms with Crippen LogP contribution in [0.25, 0.3) is 0 Å². The number of nitriles is 1. The summed E-state index contributed by atoms with van der Waals surface area (Å²) >= 11 is 7.24. The number of hydrogen-bond donors (Lipinski definition) is 3. The molecule has 1 aliphatic heterocycles. The maximum atomic E-state index is 9.02. The van der Waals surface area contributed by atoms with E-state index in [-0.39, 0.29) is 12.1 Å². The van der Waals surface area contributed by atoms with Crippen LogP contribution in [0.5, 0.6) is 5.19 Å². The van der Waals surface area contributed by atoms with Gasteiger partial charge in [-0.05, 0) is 17.7 Å². The van der Waals surface area contributed by atoms with Crippen molar-refractivity contribution in [3.05, 3.63) is 45.9 Å². The number of nitrogens with one attached hydrogen (secondary N) is 3. The van der Waals surface area contributed by atoms with Crippen LogP contribution in [0.3, 0.4) is 0 Å². The van der Waals surface area contributed by atoms with Crippen molar-refractivity contribution < 1.29 is 4.74 Å². The summed E-state index contributed by atoms with van der Waals surface area (Å²) in [4.78, 5) is 4.40. The topological polar surface area (TPSA) is 82.0 Å². The van der Waals surface area contributed by atoms with Crippen molar-refractivity contribution in [2.24, 2.45) is 0 Å². The molecule has 3 rings (SSSR count). The molecule has 0 aliphatic carbocycles. The van der Waals surface area contributed by atoms with Gasteiger partial charge in [-0.3, -0.25) is 0 Å². The van der Waals surface area contributed by atoms with Gasteiger partial charge in [0.15, 0.2) is 0 Å². The first kappa shape index (κ1) is 14.3. The zero-order chi connectivity index (χ0) is 14.7. The van der Waals surface area contributed by atoms with E-state index in [1.807, 2.05) is 29.6 Å². The molecule has 1 aliphatic rings. The number of hydrogen-bond acceptors (Lipinski definition) is 7. The average Bonchev–Trinajstić information content (AvgIpc) is 3.15. The lowest BCUT2D eigenvalue weighted by Gasteiger charge is -2.07. The van der Waals surface area contributed by atoms with Gasteiger partial charge in [-0.1, -0.05) is 35.1 Å². The SMILES string of the molecule is N#CC1NNNC1c1csc(OCc2ccc(Cl)cc2)n1. The number of thiazole rings is 1. The Hall–Kier alpha value is -1.69. The Morgan fingerprint density at radius 1 is 1.33 bits per heavy atom. The van der Waals surface area contributed by atoms with Gasteiger partial charge >= 0.3 is 0 Å². The van der Waals surface area contributed by atoms with Crippen LogP contribution in [0.4, 0.5) is 0 Å². The molecule has 21 heavy (non-hydrogen) atoms. The highest BCUT2D eigenvalue weighted by Crippen LogP contribution is 2.26. The third-order valence-electron chi connectivity index (χ3n) is 3.02. The van der Waals surface area contributed by atoms with Crippen LogP contribution in [0, 0.1) is 11.3 Å². The zero-order valence-electron chi connectivity index (χ0n) is 10.8. The molecule has 2 heterocycles. The molecule has 2 aromatic rings. The van der Waals surface area contributed by atoms with Crippen molar-refractivity contribution in [1.82, 2.24) is 21.4 Å². The number of nitrogens with zero attached hydrogens (tertiary/aromatic N) is 2. The van der Waals surface area contributed by atoms with Crippen molar-refractivity contribution in [3.8, 4) is 11.3 Å². The van der Waals surface area contributed by atoms with Crippen molar-refractivity contribution in [3.63, 3.8) is 0 Å². The monoisotopic (exact) mass is 321 g/mol. The van der Waals surface area contributed by atoms with Crippen LogP contribution in [0.2, 0.25) is 5.02 Å². The Morgan fingerprint density at radius 3 is 2.90 bits per heavy atom. The molecule has 2 atom stereocenters. The van der Waals surface area contributed by atoms with Gasteiger partial charge in [-0.2, -0.15) is 10.8 Å². The largest absolute Gasteiger partial charge is 0.465 e. The fraction of sp³-hybridized carbons (Fsp3) is 0.231. The molecule has 6 nitrogen and oxygen atoms in total. The smallest absolute Gasteiger partial charge is 0.273 e. The highest BCUT2D eigenvalue weighted by atomic mass is 35.5. The quantitative estimate of drug-likeness (QED) is 0.798. The maximum absolute atomic E-state index is 9.02. The molecule has 1 aromatic carbocycles. The van der Waals surface area contributed by atoms with Crippen molar-refractivity contribution in [1.29, 1.82) is 5.26 Å². The lowest BCUT2D eigenvalue weighted by atomic mass is 10.1. The summed E-state index contributed by atoms with van der Waals surface area (Å²) in [5.41, 5.74) is 10.3. The molecule has 1 aromatic heterocycles. The van der Waals surface area contributed by atoms with Gasteiger partial charge in [0, 0.05) is 10.4 Å². The van der Waals surface area contributed by atoms with Crippen LogP contribution in [0.15, 0.2) is 29.6 Å². The molecule has 0 amide bonds. The van der Waals surface area contributed by atoms with Gasteiger partial charge in [0.2, 0.25) is 0 Å². The van der Waals surface area contributed by atoms with E-state index in [4.69, 9.17) is 21.6 Å². The van der Waals surface area contributed by atoms with E-state index in [0.717, 1.165) is 11.3 Å². The van der Waals surface area contributed by atoms with E-state index < -0.39 is 0 Å². The molecule has 2 unspecified atom stereocenters. The summed E-state index contributed by atoms with van der Waals surface area (Å²) in [6.45, 7) is 0.431. The standard InChI is InChI=1S/C13H12ClN5OS/c14-9-3-1-8(2-4-9)6-20-13-16-11(7-21-13)12-10(5-15)17-19-18-12/h1-4,7,10,12,17-19H,6H2. The van der Waals surface area contributed by atoms with Crippen LogP contribution < -0.4 is 21.1 Å². The lowest BCUT2D eigenvalue weighted by Crippen LogP contribution is -2.32. The summed E-state index contributed by atoms with van der Waals surface area (Å²) in [6, 6.07) is 9.07. The fourth-order valence-electron chi connectivity index (χ4n) is 1.92. The van der Waals surface area contributed by atoms with E-state index >= 15 is 0 Å². The summed E-state index contributed by atoms with van der Waals surface area (Å²) < 4.78 is 5.65. The Balaban J connectivity index is 1.63. The molecule has 108 valence electrons. The number of rotatable bonds is 4. The van der Waals surface area contributed by atoms with E-state index in [0.29, 0.717) is 16.8 Å². The second-order valence-electron chi connectivity index (χ2n) is 4.45. The highest BCUT2D eigenvalue weighted by Gasteiger charge is 2.29. The third-order valence-corrected chi connectivity index (χ3v) is 4.04. The number of ether oxygens (including phenoxy) is 1. The molecule has 1 saturated heterocycles. The summed E-state index contributed by atoms with van der Waals surface area (Å²) in [5.74, 6) is 0.